The van der Waals surface area contributed by atoms with Crippen molar-refractivity contribution in [3.05, 3.63) is 29.3 Å². The number of carbonyl (C=O) groups excluding carboxylic acids is 2. The zero-order valence-corrected chi connectivity index (χ0v) is 14.1. The van der Waals surface area contributed by atoms with E-state index in [0.717, 1.165) is 24.8 Å². The van der Waals surface area contributed by atoms with Gasteiger partial charge >= 0.3 is 0 Å². The van der Waals surface area contributed by atoms with Crippen LogP contribution in [0.15, 0.2) is 18.2 Å². The van der Waals surface area contributed by atoms with Crippen LogP contribution in [0.2, 0.25) is 0 Å². The first-order valence-corrected chi connectivity index (χ1v) is 8.26. The van der Waals surface area contributed by atoms with E-state index in [2.05, 4.69) is 17.6 Å². The minimum absolute atomic E-state index is 0.0239. The van der Waals surface area contributed by atoms with E-state index >= 15 is 0 Å². The molecule has 2 rings (SSSR count). The molecule has 0 spiro atoms. The number of benzene rings is 1. The fraction of sp³-hybridized carbons (Fsp3) is 0.556. The summed E-state index contributed by atoms with van der Waals surface area (Å²) in [6.45, 7) is 4.04. The van der Waals surface area contributed by atoms with Gasteiger partial charge in [-0.3, -0.25) is 9.59 Å². The molecule has 0 radical (unpaired) electrons. The van der Waals surface area contributed by atoms with Crippen molar-refractivity contribution in [2.45, 2.75) is 45.6 Å². The van der Waals surface area contributed by atoms with Crippen LogP contribution in [0.1, 0.15) is 48.5 Å². The molecule has 1 aromatic carbocycles. The van der Waals surface area contributed by atoms with Gasteiger partial charge in [0.1, 0.15) is 6.61 Å². The number of amides is 2. The van der Waals surface area contributed by atoms with Crippen molar-refractivity contribution < 1.29 is 14.3 Å². The smallest absolute Gasteiger partial charge is 0.253 e. The maximum Gasteiger partial charge on any atom is 0.253 e. The molecular formula is C18H26N2O3. The van der Waals surface area contributed by atoms with Crippen LogP contribution in [0.5, 0.6) is 0 Å². The minimum atomic E-state index is -0.224. The summed E-state index contributed by atoms with van der Waals surface area (Å²) in [5.41, 5.74) is 1.84. The number of hydrogen-bond donors (Lipinski definition) is 2. The van der Waals surface area contributed by atoms with E-state index in [1.54, 1.807) is 13.1 Å². The van der Waals surface area contributed by atoms with Crippen LogP contribution in [-0.4, -0.2) is 31.6 Å². The van der Waals surface area contributed by atoms with Crippen molar-refractivity contribution >= 4 is 17.5 Å². The lowest BCUT2D eigenvalue weighted by Crippen LogP contribution is -2.30. The van der Waals surface area contributed by atoms with Gasteiger partial charge in [-0.15, -0.1) is 0 Å². The van der Waals surface area contributed by atoms with Gasteiger partial charge in [0.2, 0.25) is 5.91 Å². The van der Waals surface area contributed by atoms with Crippen molar-refractivity contribution in [1.82, 2.24) is 5.32 Å². The molecule has 1 saturated carbocycles. The van der Waals surface area contributed by atoms with Crippen LogP contribution in [-0.2, 0) is 9.53 Å². The Balaban J connectivity index is 1.97. The average Bonchev–Trinajstić information content (AvgIpc) is 2.53. The summed E-state index contributed by atoms with van der Waals surface area (Å²) in [6, 6.07) is 5.40. The van der Waals surface area contributed by atoms with E-state index in [-0.39, 0.29) is 24.5 Å². The molecule has 0 aliphatic heterocycles. The molecule has 5 nitrogen and oxygen atoms in total. The zero-order chi connectivity index (χ0) is 16.8. The van der Waals surface area contributed by atoms with Crippen LogP contribution in [0.3, 0.4) is 0 Å². The Morgan fingerprint density at radius 1 is 1.26 bits per heavy atom. The maximum absolute atomic E-state index is 12.2. The average molecular weight is 318 g/mol. The van der Waals surface area contributed by atoms with E-state index < -0.39 is 0 Å². The first-order chi connectivity index (χ1) is 11.0. The molecule has 2 atom stereocenters. The Morgan fingerprint density at radius 3 is 2.70 bits per heavy atom. The molecule has 23 heavy (non-hydrogen) atoms. The molecule has 0 aromatic heterocycles. The van der Waals surface area contributed by atoms with Crippen molar-refractivity contribution in [3.63, 3.8) is 0 Å². The summed E-state index contributed by atoms with van der Waals surface area (Å²) in [5.74, 6) is 0.0655. The fourth-order valence-corrected chi connectivity index (χ4v) is 3.10. The largest absolute Gasteiger partial charge is 0.368 e. The molecule has 0 bridgehead atoms. The normalized spacial score (nSPS) is 20.8. The van der Waals surface area contributed by atoms with Gasteiger partial charge in [-0.25, -0.2) is 0 Å². The summed E-state index contributed by atoms with van der Waals surface area (Å²) < 4.78 is 5.77. The lowest BCUT2D eigenvalue weighted by atomic mass is 9.88. The third-order valence-corrected chi connectivity index (χ3v) is 4.46. The molecule has 126 valence electrons. The Bertz CT molecular complexity index is 571. The molecular weight excluding hydrogens is 292 g/mol. The summed E-state index contributed by atoms with van der Waals surface area (Å²) >= 11 is 0. The lowest BCUT2D eigenvalue weighted by Gasteiger charge is -2.28. The minimum Gasteiger partial charge on any atom is -0.368 e. The van der Waals surface area contributed by atoms with Gasteiger partial charge < -0.3 is 15.4 Å². The highest BCUT2D eigenvalue weighted by molar-refractivity contribution is 6.04. The first-order valence-electron chi connectivity index (χ1n) is 8.26. The van der Waals surface area contributed by atoms with Gasteiger partial charge in [-0.1, -0.05) is 31.9 Å². The van der Waals surface area contributed by atoms with E-state index in [1.165, 1.54) is 6.42 Å². The summed E-state index contributed by atoms with van der Waals surface area (Å²) in [6.07, 6.45) is 4.74. The summed E-state index contributed by atoms with van der Waals surface area (Å²) in [7, 11) is 1.58. The van der Waals surface area contributed by atoms with E-state index in [0.29, 0.717) is 17.2 Å². The van der Waals surface area contributed by atoms with Gasteiger partial charge in [-0.2, -0.15) is 0 Å². The first kappa shape index (κ1) is 17.5. The second kappa shape index (κ2) is 8.11. The van der Waals surface area contributed by atoms with Crippen LogP contribution < -0.4 is 10.6 Å². The number of ether oxygens (including phenoxy) is 1. The molecule has 2 unspecified atom stereocenters. The van der Waals surface area contributed by atoms with Crippen LogP contribution in [0, 0.1) is 12.8 Å². The number of nitrogens with one attached hydrogen (secondary N) is 2. The number of rotatable bonds is 5. The van der Waals surface area contributed by atoms with E-state index in [9.17, 15) is 9.59 Å². The third kappa shape index (κ3) is 4.55. The van der Waals surface area contributed by atoms with E-state index in [1.807, 2.05) is 19.1 Å². The topological polar surface area (TPSA) is 67.4 Å². The quantitative estimate of drug-likeness (QED) is 0.877. The maximum atomic E-state index is 12.2. The van der Waals surface area contributed by atoms with Crippen LogP contribution in [0.4, 0.5) is 5.69 Å². The highest BCUT2D eigenvalue weighted by atomic mass is 16.5. The van der Waals surface area contributed by atoms with Gasteiger partial charge in [0.15, 0.2) is 0 Å². The van der Waals surface area contributed by atoms with Crippen molar-refractivity contribution in [2.24, 2.45) is 5.92 Å². The molecule has 0 saturated heterocycles. The number of aryl methyl sites for hydroxylation is 1. The Kier molecular flexibility index (Phi) is 6.16. The third-order valence-electron chi connectivity index (χ3n) is 4.46. The lowest BCUT2D eigenvalue weighted by molar-refractivity contribution is -0.124. The molecule has 1 aliphatic carbocycles. The zero-order valence-electron chi connectivity index (χ0n) is 14.1. The predicted octanol–water partition coefficient (Wildman–Crippen LogP) is 2.89. The predicted molar refractivity (Wildman–Crippen MR) is 90.6 cm³/mol. The summed E-state index contributed by atoms with van der Waals surface area (Å²) in [4.78, 5) is 24.2. The summed E-state index contributed by atoms with van der Waals surface area (Å²) in [5, 5.41) is 5.40. The monoisotopic (exact) mass is 318 g/mol. The van der Waals surface area contributed by atoms with Crippen LogP contribution >= 0.6 is 0 Å². The van der Waals surface area contributed by atoms with Crippen molar-refractivity contribution in [1.29, 1.82) is 0 Å². The highest BCUT2D eigenvalue weighted by Gasteiger charge is 2.23. The van der Waals surface area contributed by atoms with Crippen LogP contribution in [0.25, 0.3) is 0 Å². The number of anilines is 1. The molecule has 5 heteroatoms. The highest BCUT2D eigenvalue weighted by Crippen LogP contribution is 2.26. The van der Waals surface area contributed by atoms with Gasteiger partial charge in [0.25, 0.3) is 5.91 Å². The standard InChI is InChI=1S/C18H26N2O3/c1-12-7-4-5-10-15(12)23-11-16(21)20-14-9-6-8-13(2)17(14)18(22)19-3/h6,8-9,12,15H,4-5,7,10-11H2,1-3H3,(H,19,22)(H,20,21). The number of carbonyl (C=O) groups is 2. The van der Waals surface area contributed by atoms with Crippen molar-refractivity contribution in [3.8, 4) is 0 Å². The van der Waals surface area contributed by atoms with E-state index in [4.69, 9.17) is 4.74 Å². The molecule has 1 fully saturated rings. The van der Waals surface area contributed by atoms with Crippen molar-refractivity contribution in [2.75, 3.05) is 19.0 Å². The Hall–Kier alpha value is -1.88. The number of hydrogen-bond acceptors (Lipinski definition) is 3. The SMILES string of the molecule is CNC(=O)c1c(C)cccc1NC(=O)COC1CCCCC1C. The molecule has 2 amide bonds. The van der Waals surface area contributed by atoms with Gasteiger partial charge in [0.05, 0.1) is 17.4 Å². The second-order valence-corrected chi connectivity index (χ2v) is 6.24. The Morgan fingerprint density at radius 2 is 2.00 bits per heavy atom. The molecule has 1 aliphatic rings. The molecule has 0 heterocycles. The second-order valence-electron chi connectivity index (χ2n) is 6.24. The molecule has 2 N–H and O–H groups in total. The fourth-order valence-electron chi connectivity index (χ4n) is 3.10. The van der Waals surface area contributed by atoms with Gasteiger partial charge in [-0.05, 0) is 37.3 Å². The van der Waals surface area contributed by atoms with Gasteiger partial charge in [0, 0.05) is 7.05 Å². The Labute approximate surface area is 137 Å². The molecule has 1 aromatic rings.